The molecule has 188 valence electrons. The number of aromatic nitrogens is 2. The van der Waals surface area contributed by atoms with Gasteiger partial charge in [0.25, 0.3) is 10.0 Å². The molecule has 0 aliphatic carbocycles. The zero-order chi connectivity index (χ0) is 26.3. The van der Waals surface area contributed by atoms with E-state index in [-0.39, 0.29) is 16.8 Å². The van der Waals surface area contributed by atoms with Gasteiger partial charge in [-0.1, -0.05) is 44.5 Å². The minimum atomic E-state index is -4.03. The number of hydrogen-bond donors (Lipinski definition) is 2. The molecule has 1 fully saturated rings. The molecule has 2 aromatic carbocycles. The van der Waals surface area contributed by atoms with Crippen LogP contribution >= 0.6 is 11.6 Å². The first-order chi connectivity index (χ1) is 16.8. The van der Waals surface area contributed by atoms with E-state index in [4.69, 9.17) is 11.6 Å². The van der Waals surface area contributed by atoms with Crippen molar-refractivity contribution in [3.63, 3.8) is 0 Å². The number of anilines is 2. The van der Waals surface area contributed by atoms with Gasteiger partial charge in [0.05, 0.1) is 16.3 Å². The minimum absolute atomic E-state index is 0.137. The molecule has 0 saturated carbocycles. The van der Waals surface area contributed by atoms with E-state index in [9.17, 15) is 22.9 Å². The first-order valence-electron chi connectivity index (χ1n) is 10.9. The molecule has 3 aromatic rings. The maximum Gasteiger partial charge on any atom is 0.484 e. The monoisotopic (exact) mass is 531 g/mol. The van der Waals surface area contributed by atoms with Crippen LogP contribution in [0.4, 0.5) is 16.3 Å². The van der Waals surface area contributed by atoms with Crippen LogP contribution in [0.3, 0.4) is 0 Å². The van der Waals surface area contributed by atoms with Crippen molar-refractivity contribution in [1.29, 1.82) is 0 Å². The van der Waals surface area contributed by atoms with Crippen molar-refractivity contribution in [3.05, 3.63) is 75.8 Å². The number of nitrogens with zero attached hydrogens (tertiary/aromatic N) is 4. The molecule has 1 aliphatic rings. The molecule has 1 aliphatic heterocycles. The molecule has 1 aromatic heterocycles. The van der Waals surface area contributed by atoms with Gasteiger partial charge >= 0.3 is 11.9 Å². The van der Waals surface area contributed by atoms with Crippen LogP contribution in [0.1, 0.15) is 32.0 Å². The predicted molar refractivity (Wildman–Crippen MR) is 134 cm³/mol. The van der Waals surface area contributed by atoms with Crippen LogP contribution in [0.5, 0.6) is 0 Å². The highest BCUT2D eigenvalue weighted by Crippen LogP contribution is 2.27. The summed E-state index contributed by atoms with van der Waals surface area (Å²) < 4.78 is 26.4. The van der Waals surface area contributed by atoms with Crippen molar-refractivity contribution in [2.24, 2.45) is 0 Å². The van der Waals surface area contributed by atoms with Crippen LogP contribution in [0, 0.1) is 4.91 Å². The summed E-state index contributed by atoms with van der Waals surface area (Å²) in [5, 5.41) is 10.7. The Morgan fingerprint density at radius 2 is 1.81 bits per heavy atom. The zero-order valence-corrected chi connectivity index (χ0v) is 21.3. The van der Waals surface area contributed by atoms with Crippen LogP contribution in [-0.2, 0) is 26.8 Å². The molecule has 2 heterocycles. The van der Waals surface area contributed by atoms with Crippen molar-refractivity contribution < 1.29 is 22.9 Å². The zero-order valence-electron chi connectivity index (χ0n) is 19.7. The van der Waals surface area contributed by atoms with Gasteiger partial charge in [0.1, 0.15) is 12.4 Å². The van der Waals surface area contributed by atoms with E-state index in [1.54, 1.807) is 54.6 Å². The summed E-state index contributed by atoms with van der Waals surface area (Å²) in [4.78, 5) is 36.1. The van der Waals surface area contributed by atoms with Crippen LogP contribution in [0.15, 0.2) is 54.6 Å². The number of nitrogens with one attached hydrogen (secondary N) is 2. The highest BCUT2D eigenvalue weighted by atomic mass is 35.5. The Morgan fingerprint density at radius 3 is 2.42 bits per heavy atom. The number of carbonyl (C=O) groups is 2. The molecule has 13 heteroatoms. The van der Waals surface area contributed by atoms with E-state index in [1.165, 1.54) is 4.68 Å². The molecule has 0 atom stereocenters. The van der Waals surface area contributed by atoms with Gasteiger partial charge in [-0.3, -0.25) is 5.32 Å². The van der Waals surface area contributed by atoms with Crippen molar-refractivity contribution in [2.75, 3.05) is 16.4 Å². The molecule has 0 unspecified atom stereocenters. The quantitative estimate of drug-likeness (QED) is 0.481. The summed E-state index contributed by atoms with van der Waals surface area (Å²) in [6.07, 6.45) is 0. The molecule has 2 N–H and O–H groups in total. The van der Waals surface area contributed by atoms with E-state index in [0.717, 1.165) is 0 Å². The third-order valence-electron chi connectivity index (χ3n) is 5.34. The molecule has 36 heavy (non-hydrogen) atoms. The fourth-order valence-electron chi connectivity index (χ4n) is 3.47. The van der Waals surface area contributed by atoms with E-state index in [2.05, 4.69) is 15.7 Å². The first kappa shape index (κ1) is 25.3. The summed E-state index contributed by atoms with van der Waals surface area (Å²) in [6, 6.07) is 14.5. The lowest BCUT2D eigenvalue weighted by Crippen LogP contribution is -2.31. The number of halogens is 1. The third-order valence-corrected chi connectivity index (χ3v) is 7.12. The number of rotatable bonds is 5. The van der Waals surface area contributed by atoms with Crippen LogP contribution in [0.2, 0.25) is 5.02 Å². The summed E-state index contributed by atoms with van der Waals surface area (Å²) in [6.45, 7) is 5.61. The highest BCUT2D eigenvalue weighted by molar-refractivity contribution is 7.89. The average Bonchev–Trinajstić information content (AvgIpc) is 3.30. The SMILES string of the molecule is CC(C)(C)c1cc(NC(=O)Nc2ccc(Cl)cc2)n(-c2cccc(CN3[N+](=O)C(=O)CS3(=O)=O)c2)n1. The van der Waals surface area contributed by atoms with Gasteiger partial charge in [-0.05, 0) is 46.4 Å². The largest absolute Gasteiger partial charge is 0.484 e. The van der Waals surface area contributed by atoms with Gasteiger partial charge in [-0.15, -0.1) is 0 Å². The summed E-state index contributed by atoms with van der Waals surface area (Å²) in [5.74, 6) is -1.52. The second kappa shape index (κ2) is 9.36. The predicted octanol–water partition coefficient (Wildman–Crippen LogP) is 3.83. The minimum Gasteiger partial charge on any atom is -0.308 e. The van der Waals surface area contributed by atoms with Gasteiger partial charge < -0.3 is 5.32 Å². The topological polar surface area (TPSA) is 133 Å². The number of sulfonamides is 1. The summed E-state index contributed by atoms with van der Waals surface area (Å²) >= 11 is 5.90. The number of benzene rings is 2. The smallest absolute Gasteiger partial charge is 0.308 e. The summed E-state index contributed by atoms with van der Waals surface area (Å²) in [5.41, 5.74) is 1.89. The normalized spacial score (nSPS) is 15.3. The number of nitroso groups, excluding NO2 is 1. The Labute approximate surface area is 212 Å². The molecule has 11 nitrogen and oxygen atoms in total. The highest BCUT2D eigenvalue weighted by Gasteiger charge is 2.51. The van der Waals surface area contributed by atoms with Crippen molar-refractivity contribution in [1.82, 2.24) is 14.2 Å². The average molecular weight is 532 g/mol. The Hall–Kier alpha value is -3.77. The summed E-state index contributed by atoms with van der Waals surface area (Å²) in [7, 11) is -4.03. The Kier molecular flexibility index (Phi) is 6.58. The standard InChI is InChI=1S/C23H23ClN6O5S/c1-23(2,3)19-12-20(26-22(32)25-17-9-7-16(24)8-10-17)29(27-19)18-6-4-5-15(11-18)13-28-30(33)21(31)14-36(28,34)35/h4-12H,13-14H2,1-3H3,(H-,25,26,27,32)/p+1. The molecule has 3 amide bonds. The van der Waals surface area contributed by atoms with E-state index in [1.807, 2.05) is 20.8 Å². The number of hydrogen-bond acceptors (Lipinski definition) is 6. The third kappa shape index (κ3) is 5.39. The van der Waals surface area contributed by atoms with Gasteiger partial charge in [0.2, 0.25) is 10.6 Å². The number of urea groups is 1. The van der Waals surface area contributed by atoms with E-state index >= 15 is 0 Å². The molecule has 0 radical (unpaired) electrons. The molecular formula is C23H24ClN6O5S+. The van der Waals surface area contributed by atoms with Crippen LogP contribution in [-0.4, -0.2) is 45.2 Å². The molecule has 4 rings (SSSR count). The van der Waals surface area contributed by atoms with Gasteiger partial charge in [0.15, 0.2) is 0 Å². The number of carbonyl (C=O) groups excluding carboxylic acids is 2. The lowest BCUT2D eigenvalue weighted by Gasteiger charge is -2.14. The second-order valence-corrected chi connectivity index (χ2v) is 11.5. The number of hydrazine groups is 1. The van der Waals surface area contributed by atoms with Crippen molar-refractivity contribution in [2.45, 2.75) is 32.7 Å². The lowest BCUT2D eigenvalue weighted by molar-refractivity contribution is -0.596. The maximum atomic E-state index is 12.7. The van der Waals surface area contributed by atoms with E-state index in [0.29, 0.717) is 37.9 Å². The van der Waals surface area contributed by atoms with Gasteiger partial charge in [0, 0.05) is 22.2 Å². The lowest BCUT2D eigenvalue weighted by atomic mass is 9.92. The Bertz CT molecular complexity index is 1460. The maximum absolute atomic E-state index is 12.7. The van der Waals surface area contributed by atoms with Crippen molar-refractivity contribution in [3.8, 4) is 5.69 Å². The molecule has 1 saturated heterocycles. The Morgan fingerprint density at radius 1 is 1.11 bits per heavy atom. The molecular weight excluding hydrogens is 508 g/mol. The first-order valence-corrected chi connectivity index (χ1v) is 12.9. The Balaban J connectivity index is 1.64. The molecule has 0 spiro atoms. The van der Waals surface area contributed by atoms with Crippen LogP contribution in [0.25, 0.3) is 5.69 Å². The van der Waals surface area contributed by atoms with Gasteiger partial charge in [-0.2, -0.15) is 5.10 Å². The fraction of sp³-hybridized carbons (Fsp3) is 0.261. The second-order valence-electron chi connectivity index (χ2n) is 9.24. The fourth-order valence-corrected chi connectivity index (χ4v) is 4.83. The van der Waals surface area contributed by atoms with Crippen LogP contribution < -0.4 is 10.6 Å². The van der Waals surface area contributed by atoms with E-state index < -0.39 is 27.7 Å². The molecule has 0 bridgehead atoms. The number of amides is 3. The van der Waals surface area contributed by atoms with Gasteiger partial charge in [-0.25, -0.2) is 22.7 Å². The van der Waals surface area contributed by atoms with Crippen molar-refractivity contribution >= 4 is 45.1 Å².